The predicted molar refractivity (Wildman–Crippen MR) is 52.2 cm³/mol. The van der Waals surface area contributed by atoms with Crippen molar-refractivity contribution in [1.82, 2.24) is 0 Å². The minimum absolute atomic E-state index is 0.134. The van der Waals surface area contributed by atoms with Crippen molar-refractivity contribution in [3.05, 3.63) is 28.8 Å². The first-order chi connectivity index (χ1) is 6.06. The highest BCUT2D eigenvalue weighted by Gasteiger charge is 2.10. The van der Waals surface area contributed by atoms with E-state index in [0.29, 0.717) is 6.42 Å². The van der Waals surface area contributed by atoms with Gasteiger partial charge in [-0.05, 0) is 37.1 Å². The summed E-state index contributed by atoms with van der Waals surface area (Å²) in [6.07, 6.45) is 0.506. The van der Waals surface area contributed by atoms with Crippen molar-refractivity contribution < 1.29 is 9.90 Å². The molecule has 0 unspecified atom stereocenters. The number of hydrogen-bond donors (Lipinski definition) is 1. The zero-order chi connectivity index (χ0) is 10.0. The van der Waals surface area contributed by atoms with E-state index >= 15 is 0 Å². The van der Waals surface area contributed by atoms with Gasteiger partial charge in [0.05, 0.1) is 0 Å². The lowest BCUT2D eigenvalue weighted by Crippen LogP contribution is -2.02. The van der Waals surface area contributed by atoms with Crippen molar-refractivity contribution in [2.45, 2.75) is 27.2 Å². The quantitative estimate of drug-likeness (QED) is 0.707. The minimum Gasteiger partial charge on any atom is -0.508 e. The normalized spacial score (nSPS) is 10.1. The number of rotatable bonds is 2. The van der Waals surface area contributed by atoms with Gasteiger partial charge < -0.3 is 5.11 Å². The lowest BCUT2D eigenvalue weighted by atomic mass is 9.97. The van der Waals surface area contributed by atoms with Crippen molar-refractivity contribution >= 4 is 5.78 Å². The Kier molecular flexibility index (Phi) is 2.71. The molecule has 1 aromatic carbocycles. The average Bonchev–Trinajstić information content (AvgIpc) is 2.02. The highest BCUT2D eigenvalue weighted by Crippen LogP contribution is 2.21. The average molecular weight is 178 g/mol. The van der Waals surface area contributed by atoms with E-state index in [1.54, 1.807) is 12.1 Å². The fraction of sp³-hybridized carbons (Fsp3) is 0.364. The summed E-state index contributed by atoms with van der Waals surface area (Å²) in [6, 6.07) is 3.24. The van der Waals surface area contributed by atoms with Gasteiger partial charge in [0, 0.05) is 12.0 Å². The van der Waals surface area contributed by atoms with Crippen LogP contribution in [-0.2, 0) is 0 Å². The van der Waals surface area contributed by atoms with Gasteiger partial charge in [0.25, 0.3) is 0 Å². The van der Waals surface area contributed by atoms with Crippen molar-refractivity contribution in [3.63, 3.8) is 0 Å². The Balaban J connectivity index is 3.28. The number of hydrogen-bond acceptors (Lipinski definition) is 2. The summed E-state index contributed by atoms with van der Waals surface area (Å²) in [7, 11) is 0. The van der Waals surface area contributed by atoms with Crippen LogP contribution in [0.2, 0.25) is 0 Å². The molecule has 13 heavy (non-hydrogen) atoms. The molecule has 0 bridgehead atoms. The van der Waals surface area contributed by atoms with Crippen molar-refractivity contribution in [1.29, 1.82) is 0 Å². The molecule has 0 aliphatic heterocycles. The number of carbonyl (C=O) groups excluding carboxylic acids is 1. The van der Waals surface area contributed by atoms with E-state index in [-0.39, 0.29) is 11.5 Å². The first kappa shape index (κ1) is 9.78. The van der Waals surface area contributed by atoms with E-state index in [4.69, 9.17) is 0 Å². The Morgan fingerprint density at radius 2 is 1.77 bits per heavy atom. The van der Waals surface area contributed by atoms with Crippen LogP contribution in [0.3, 0.4) is 0 Å². The van der Waals surface area contributed by atoms with Gasteiger partial charge in [0.2, 0.25) is 0 Å². The molecule has 0 saturated heterocycles. The van der Waals surface area contributed by atoms with Crippen LogP contribution in [0.25, 0.3) is 0 Å². The van der Waals surface area contributed by atoms with E-state index in [9.17, 15) is 9.90 Å². The summed E-state index contributed by atoms with van der Waals surface area (Å²) in [5, 5.41) is 9.26. The fourth-order valence-electron chi connectivity index (χ4n) is 1.56. The number of ketones is 1. The molecule has 1 aromatic rings. The fourth-order valence-corrected chi connectivity index (χ4v) is 1.56. The second-order valence-electron chi connectivity index (χ2n) is 3.23. The summed E-state index contributed by atoms with van der Waals surface area (Å²) < 4.78 is 0. The molecule has 0 atom stereocenters. The van der Waals surface area contributed by atoms with E-state index in [2.05, 4.69) is 0 Å². The Morgan fingerprint density at radius 3 is 2.15 bits per heavy atom. The topological polar surface area (TPSA) is 37.3 Å². The molecular weight excluding hydrogens is 164 g/mol. The van der Waals surface area contributed by atoms with Gasteiger partial charge in [-0.15, -0.1) is 0 Å². The molecule has 0 heterocycles. The highest BCUT2D eigenvalue weighted by molar-refractivity contribution is 5.98. The Labute approximate surface area is 78.2 Å². The van der Waals surface area contributed by atoms with Crippen LogP contribution in [0.1, 0.15) is 34.8 Å². The van der Waals surface area contributed by atoms with Gasteiger partial charge in [0.1, 0.15) is 5.75 Å². The zero-order valence-electron chi connectivity index (χ0n) is 8.22. The lowest BCUT2D eigenvalue weighted by Gasteiger charge is -2.07. The van der Waals surface area contributed by atoms with E-state index in [0.717, 1.165) is 16.7 Å². The minimum atomic E-state index is 0.134. The van der Waals surface area contributed by atoms with Crippen molar-refractivity contribution in [2.75, 3.05) is 0 Å². The van der Waals surface area contributed by atoms with Gasteiger partial charge in [-0.25, -0.2) is 0 Å². The maximum absolute atomic E-state index is 11.5. The molecule has 0 fully saturated rings. The number of aromatic hydroxyl groups is 1. The highest BCUT2D eigenvalue weighted by atomic mass is 16.3. The molecule has 0 aromatic heterocycles. The number of Topliss-reactive ketones (excluding diaryl/α,β-unsaturated/α-hetero) is 1. The molecule has 0 aliphatic carbocycles. The largest absolute Gasteiger partial charge is 0.508 e. The van der Waals surface area contributed by atoms with Gasteiger partial charge in [0.15, 0.2) is 5.78 Å². The smallest absolute Gasteiger partial charge is 0.163 e. The first-order valence-corrected chi connectivity index (χ1v) is 4.39. The lowest BCUT2D eigenvalue weighted by molar-refractivity contribution is 0.0987. The van der Waals surface area contributed by atoms with Crippen LogP contribution in [-0.4, -0.2) is 10.9 Å². The van der Waals surface area contributed by atoms with Gasteiger partial charge in [-0.2, -0.15) is 0 Å². The third-order valence-electron chi connectivity index (χ3n) is 2.12. The Bertz CT molecular complexity index is 317. The maximum atomic E-state index is 11.5. The monoisotopic (exact) mass is 178 g/mol. The summed E-state index contributed by atoms with van der Waals surface area (Å²) >= 11 is 0. The second-order valence-corrected chi connectivity index (χ2v) is 3.23. The third kappa shape index (κ3) is 1.89. The first-order valence-electron chi connectivity index (χ1n) is 4.39. The summed E-state index contributed by atoms with van der Waals surface area (Å²) in [4.78, 5) is 11.5. The molecule has 1 N–H and O–H groups in total. The SMILES string of the molecule is CCC(=O)c1c(C)cc(O)cc1C. The standard InChI is InChI=1S/C11H14O2/c1-4-10(13)11-7(2)5-9(12)6-8(11)3/h5-6,12H,4H2,1-3H3. The number of benzene rings is 1. The molecule has 0 spiro atoms. The molecule has 0 aliphatic rings. The van der Waals surface area contributed by atoms with Crippen LogP contribution in [0, 0.1) is 13.8 Å². The molecule has 0 saturated carbocycles. The van der Waals surface area contributed by atoms with Crippen molar-refractivity contribution in [3.8, 4) is 5.75 Å². The molecule has 2 heteroatoms. The van der Waals surface area contributed by atoms with Gasteiger partial charge in [-0.1, -0.05) is 6.92 Å². The van der Waals surface area contributed by atoms with E-state index in [1.165, 1.54) is 0 Å². The van der Waals surface area contributed by atoms with Crippen LogP contribution in [0.5, 0.6) is 5.75 Å². The van der Waals surface area contributed by atoms with E-state index < -0.39 is 0 Å². The molecular formula is C11H14O2. The summed E-state index contributed by atoms with van der Waals surface area (Å²) in [5.41, 5.74) is 2.45. The van der Waals surface area contributed by atoms with E-state index in [1.807, 2.05) is 20.8 Å². The molecule has 2 nitrogen and oxygen atoms in total. The van der Waals surface area contributed by atoms with Crippen LogP contribution >= 0.6 is 0 Å². The third-order valence-corrected chi connectivity index (χ3v) is 2.12. The molecule has 0 amide bonds. The van der Waals surface area contributed by atoms with Crippen molar-refractivity contribution in [2.24, 2.45) is 0 Å². The van der Waals surface area contributed by atoms with Gasteiger partial charge in [-0.3, -0.25) is 4.79 Å². The van der Waals surface area contributed by atoms with Crippen LogP contribution < -0.4 is 0 Å². The Morgan fingerprint density at radius 1 is 1.31 bits per heavy atom. The molecule has 0 radical (unpaired) electrons. The summed E-state index contributed by atoms with van der Waals surface area (Å²) in [5.74, 6) is 0.359. The van der Waals surface area contributed by atoms with Crippen LogP contribution in [0.15, 0.2) is 12.1 Å². The molecule has 70 valence electrons. The van der Waals surface area contributed by atoms with Gasteiger partial charge >= 0.3 is 0 Å². The van der Waals surface area contributed by atoms with Crippen LogP contribution in [0.4, 0.5) is 0 Å². The molecule has 1 rings (SSSR count). The second kappa shape index (κ2) is 3.60. The number of aryl methyl sites for hydroxylation is 2. The predicted octanol–water partition coefficient (Wildman–Crippen LogP) is 2.60. The number of phenols is 1. The number of phenolic OH excluding ortho intramolecular Hbond substituents is 1. The maximum Gasteiger partial charge on any atom is 0.163 e. The summed E-state index contributed by atoms with van der Waals surface area (Å²) in [6.45, 7) is 5.53. The number of carbonyl (C=O) groups is 1. The zero-order valence-corrected chi connectivity index (χ0v) is 8.22. The Hall–Kier alpha value is -1.31.